The van der Waals surface area contributed by atoms with E-state index in [4.69, 9.17) is 5.73 Å². The Hall–Kier alpha value is -2.69. The van der Waals surface area contributed by atoms with E-state index in [1.807, 2.05) is 12.3 Å². The Kier molecular flexibility index (Phi) is 5.75. The van der Waals surface area contributed by atoms with Crippen LogP contribution in [0.25, 0.3) is 5.65 Å². The number of hydrogen-bond acceptors (Lipinski definition) is 7. The molecular weight excluding hydrogens is 426 g/mol. The normalized spacial score (nSPS) is 22.3. The van der Waals surface area contributed by atoms with Crippen LogP contribution in [0.5, 0.6) is 0 Å². The van der Waals surface area contributed by atoms with E-state index in [-0.39, 0.29) is 0 Å². The van der Waals surface area contributed by atoms with Crippen LogP contribution < -0.4 is 16.4 Å². The minimum atomic E-state index is -3.42. The first-order valence-corrected chi connectivity index (χ1v) is 12.7. The van der Waals surface area contributed by atoms with Crippen molar-refractivity contribution in [2.75, 3.05) is 23.7 Å². The molecule has 4 N–H and O–H groups in total. The molecule has 2 aromatic heterocycles. The Labute approximate surface area is 188 Å². The monoisotopic (exact) mass is 455 g/mol. The number of imidazole rings is 1. The number of nitrogens with one attached hydrogen (secondary N) is 2. The number of sulfonamides is 1. The fourth-order valence-corrected chi connectivity index (χ4v) is 6.01. The van der Waals surface area contributed by atoms with E-state index in [9.17, 15) is 8.42 Å². The highest BCUT2D eigenvalue weighted by molar-refractivity contribution is 7.89. The summed E-state index contributed by atoms with van der Waals surface area (Å²) >= 11 is 0. The molecule has 9 nitrogen and oxygen atoms in total. The summed E-state index contributed by atoms with van der Waals surface area (Å²) in [4.78, 5) is 4.74. The first-order chi connectivity index (χ1) is 15.5. The van der Waals surface area contributed by atoms with Gasteiger partial charge in [0.1, 0.15) is 5.82 Å². The van der Waals surface area contributed by atoms with Crippen LogP contribution in [-0.4, -0.2) is 52.5 Å². The van der Waals surface area contributed by atoms with Gasteiger partial charge in [0.2, 0.25) is 10.0 Å². The van der Waals surface area contributed by atoms with Gasteiger partial charge in [-0.15, -0.1) is 5.10 Å². The van der Waals surface area contributed by atoms with Crippen molar-refractivity contribution >= 4 is 32.9 Å². The van der Waals surface area contributed by atoms with Crippen LogP contribution in [0.1, 0.15) is 38.5 Å². The second-order valence-electron chi connectivity index (χ2n) is 8.66. The Balaban J connectivity index is 1.36. The van der Waals surface area contributed by atoms with E-state index < -0.39 is 10.0 Å². The molecule has 1 aliphatic carbocycles. The zero-order chi connectivity index (χ0) is 22.1. The third kappa shape index (κ3) is 4.30. The number of nitrogens with zero attached hydrogens (tertiary/aromatic N) is 4. The fourth-order valence-electron chi connectivity index (χ4n) is 4.50. The molecule has 10 heteroatoms. The Morgan fingerprint density at radius 2 is 1.75 bits per heavy atom. The summed E-state index contributed by atoms with van der Waals surface area (Å²) in [6, 6.07) is 9.50. The summed E-state index contributed by atoms with van der Waals surface area (Å²) in [6.45, 7) is 1.19. The van der Waals surface area contributed by atoms with E-state index in [0.29, 0.717) is 35.7 Å². The SMILES string of the molecule is N[C@H]1CC[C@H](Nc2cc(Nc3ccc(S(=O)(=O)N4CCCC4)cc3)c3nccn3n2)CC1. The van der Waals surface area contributed by atoms with Crippen LogP contribution in [-0.2, 0) is 10.0 Å². The molecule has 0 unspecified atom stereocenters. The average molecular weight is 456 g/mol. The zero-order valence-corrected chi connectivity index (χ0v) is 18.8. The summed E-state index contributed by atoms with van der Waals surface area (Å²) in [6.07, 6.45) is 9.46. The number of rotatable bonds is 6. The number of anilines is 3. The number of hydrogen-bond donors (Lipinski definition) is 3. The van der Waals surface area contributed by atoms with Crippen LogP contribution in [0, 0.1) is 0 Å². The van der Waals surface area contributed by atoms with Crippen molar-refractivity contribution in [3.63, 3.8) is 0 Å². The molecule has 3 aromatic rings. The third-order valence-electron chi connectivity index (χ3n) is 6.32. The van der Waals surface area contributed by atoms with Gasteiger partial charge < -0.3 is 16.4 Å². The van der Waals surface area contributed by atoms with Gasteiger partial charge >= 0.3 is 0 Å². The van der Waals surface area contributed by atoms with Gasteiger partial charge in [-0.05, 0) is 62.8 Å². The largest absolute Gasteiger partial charge is 0.366 e. The molecule has 2 aliphatic rings. The Bertz CT molecular complexity index is 1180. The van der Waals surface area contributed by atoms with Crippen molar-refractivity contribution in [1.29, 1.82) is 0 Å². The lowest BCUT2D eigenvalue weighted by atomic mass is 9.92. The van der Waals surface area contributed by atoms with Crippen LogP contribution in [0.15, 0.2) is 47.6 Å². The summed E-state index contributed by atoms with van der Waals surface area (Å²) in [5.74, 6) is 0.770. The van der Waals surface area contributed by atoms with Crippen molar-refractivity contribution in [3.8, 4) is 0 Å². The number of aromatic nitrogens is 3. The van der Waals surface area contributed by atoms with E-state index in [1.54, 1.807) is 39.3 Å². The smallest absolute Gasteiger partial charge is 0.243 e. The highest BCUT2D eigenvalue weighted by Crippen LogP contribution is 2.27. The van der Waals surface area contributed by atoms with Crippen LogP contribution in [0.4, 0.5) is 17.2 Å². The molecule has 1 saturated heterocycles. The van der Waals surface area contributed by atoms with Gasteiger partial charge in [0, 0.05) is 49.3 Å². The number of nitrogens with two attached hydrogens (primary N) is 1. The maximum atomic E-state index is 12.8. The van der Waals surface area contributed by atoms with Crippen molar-refractivity contribution < 1.29 is 8.42 Å². The third-order valence-corrected chi connectivity index (χ3v) is 8.23. The number of fused-ring (bicyclic) bond motifs is 1. The van der Waals surface area contributed by atoms with Gasteiger partial charge in [-0.1, -0.05) is 0 Å². The van der Waals surface area contributed by atoms with Crippen LogP contribution >= 0.6 is 0 Å². The highest BCUT2D eigenvalue weighted by atomic mass is 32.2. The van der Waals surface area contributed by atoms with Gasteiger partial charge in [0.25, 0.3) is 0 Å². The first-order valence-electron chi connectivity index (χ1n) is 11.2. The predicted molar refractivity (Wildman–Crippen MR) is 125 cm³/mol. The highest BCUT2D eigenvalue weighted by Gasteiger charge is 2.27. The van der Waals surface area contributed by atoms with E-state index in [1.165, 1.54) is 0 Å². The lowest BCUT2D eigenvalue weighted by Gasteiger charge is -2.27. The molecule has 0 atom stereocenters. The molecule has 3 heterocycles. The van der Waals surface area contributed by atoms with Gasteiger partial charge in [-0.25, -0.2) is 17.9 Å². The molecule has 1 aliphatic heterocycles. The summed E-state index contributed by atoms with van der Waals surface area (Å²) in [5.41, 5.74) is 8.32. The summed E-state index contributed by atoms with van der Waals surface area (Å²) in [7, 11) is -3.42. The van der Waals surface area contributed by atoms with Gasteiger partial charge in [0.05, 0.1) is 10.6 Å². The van der Waals surface area contributed by atoms with Crippen molar-refractivity contribution in [2.45, 2.75) is 55.5 Å². The van der Waals surface area contributed by atoms with Crippen molar-refractivity contribution in [1.82, 2.24) is 18.9 Å². The lowest BCUT2D eigenvalue weighted by molar-refractivity contribution is 0.410. The standard InChI is InChI=1S/C22H29N7O2S/c23-16-3-5-18(6-4-16)26-21-15-20(22-24-11-14-29(22)27-21)25-17-7-9-19(10-8-17)32(30,31)28-12-1-2-13-28/h7-11,14-16,18,25H,1-6,12-13,23H2,(H,26,27)/t16-,18-. The molecule has 2 fully saturated rings. The van der Waals surface area contributed by atoms with Gasteiger partial charge in [0.15, 0.2) is 5.65 Å². The predicted octanol–water partition coefficient (Wildman–Crippen LogP) is 2.94. The first kappa shape index (κ1) is 21.2. The van der Waals surface area contributed by atoms with Crippen LogP contribution in [0.2, 0.25) is 0 Å². The number of benzene rings is 1. The fraction of sp³-hybridized carbons (Fsp3) is 0.455. The molecule has 1 aromatic carbocycles. The second kappa shape index (κ2) is 8.68. The van der Waals surface area contributed by atoms with Crippen LogP contribution in [0.3, 0.4) is 0 Å². The van der Waals surface area contributed by atoms with E-state index in [2.05, 4.69) is 20.7 Å². The van der Waals surface area contributed by atoms with Gasteiger partial charge in [-0.2, -0.15) is 4.31 Å². The minimum absolute atomic E-state index is 0.298. The van der Waals surface area contributed by atoms with E-state index >= 15 is 0 Å². The Morgan fingerprint density at radius 3 is 2.47 bits per heavy atom. The topological polar surface area (TPSA) is 118 Å². The van der Waals surface area contributed by atoms with Crippen molar-refractivity contribution in [2.24, 2.45) is 5.73 Å². The molecule has 32 heavy (non-hydrogen) atoms. The quantitative estimate of drug-likeness (QED) is 0.523. The molecular formula is C22H29N7O2S. The molecule has 1 saturated carbocycles. The Morgan fingerprint density at radius 1 is 1.03 bits per heavy atom. The summed E-state index contributed by atoms with van der Waals surface area (Å²) in [5, 5.41) is 11.5. The van der Waals surface area contributed by atoms with Gasteiger partial charge in [-0.3, -0.25) is 0 Å². The van der Waals surface area contributed by atoms with Crippen molar-refractivity contribution in [3.05, 3.63) is 42.7 Å². The maximum Gasteiger partial charge on any atom is 0.243 e. The minimum Gasteiger partial charge on any atom is -0.366 e. The maximum absolute atomic E-state index is 12.8. The second-order valence-corrected chi connectivity index (χ2v) is 10.6. The molecule has 0 bridgehead atoms. The molecule has 0 spiro atoms. The average Bonchev–Trinajstić information content (AvgIpc) is 3.48. The molecule has 5 rings (SSSR count). The lowest BCUT2D eigenvalue weighted by Crippen LogP contribution is -2.33. The molecule has 170 valence electrons. The zero-order valence-electron chi connectivity index (χ0n) is 17.9. The molecule has 0 radical (unpaired) electrons. The summed E-state index contributed by atoms with van der Waals surface area (Å²) < 4.78 is 28.8. The molecule has 0 amide bonds. The van der Waals surface area contributed by atoms with E-state index in [0.717, 1.165) is 55.7 Å².